The number of benzene rings is 1. The van der Waals surface area contributed by atoms with Crippen LogP contribution in [0.4, 0.5) is 4.39 Å². The third-order valence-electron chi connectivity index (χ3n) is 2.87. The predicted molar refractivity (Wildman–Crippen MR) is 71.6 cm³/mol. The summed E-state index contributed by atoms with van der Waals surface area (Å²) in [7, 11) is 1.48. The second kappa shape index (κ2) is 5.08. The van der Waals surface area contributed by atoms with Crippen molar-refractivity contribution in [3.63, 3.8) is 0 Å². The van der Waals surface area contributed by atoms with Gasteiger partial charge in [0, 0.05) is 18.0 Å². The lowest BCUT2D eigenvalue weighted by Crippen LogP contribution is -1.97. The van der Waals surface area contributed by atoms with E-state index in [2.05, 4.69) is 20.2 Å². The Hall–Kier alpha value is -2.76. The van der Waals surface area contributed by atoms with Gasteiger partial charge in [-0.05, 0) is 18.2 Å². The molecule has 0 aliphatic carbocycles. The zero-order valence-corrected chi connectivity index (χ0v) is 10.7. The summed E-state index contributed by atoms with van der Waals surface area (Å²) in [4.78, 5) is 8.49. The van der Waals surface area contributed by atoms with Crippen LogP contribution in [0.3, 0.4) is 0 Å². The van der Waals surface area contributed by atoms with Crippen molar-refractivity contribution in [2.75, 3.05) is 7.11 Å². The van der Waals surface area contributed by atoms with E-state index in [1.807, 2.05) is 0 Å². The molecule has 100 valence electrons. The molecule has 6 heteroatoms. The van der Waals surface area contributed by atoms with Gasteiger partial charge in [-0.2, -0.15) is 5.10 Å². The van der Waals surface area contributed by atoms with Crippen molar-refractivity contribution in [1.29, 1.82) is 0 Å². The number of hydrogen-bond acceptors (Lipinski definition) is 4. The smallest absolute Gasteiger partial charge is 0.166 e. The number of halogens is 1. The van der Waals surface area contributed by atoms with E-state index in [-0.39, 0.29) is 11.4 Å². The van der Waals surface area contributed by atoms with Crippen LogP contribution in [0.15, 0.2) is 42.9 Å². The molecule has 0 radical (unpaired) electrons. The lowest BCUT2D eigenvalue weighted by molar-refractivity contribution is 0.413. The predicted octanol–water partition coefficient (Wildman–Crippen LogP) is 2.68. The van der Waals surface area contributed by atoms with Crippen molar-refractivity contribution < 1.29 is 9.13 Å². The monoisotopic (exact) mass is 270 g/mol. The summed E-state index contributed by atoms with van der Waals surface area (Å²) < 4.78 is 19.2. The first-order chi connectivity index (χ1) is 9.79. The zero-order chi connectivity index (χ0) is 13.9. The van der Waals surface area contributed by atoms with Gasteiger partial charge in [0.25, 0.3) is 0 Å². The molecule has 5 nitrogen and oxygen atoms in total. The van der Waals surface area contributed by atoms with Crippen LogP contribution in [0.1, 0.15) is 0 Å². The summed E-state index contributed by atoms with van der Waals surface area (Å²) in [6.07, 6.45) is 4.94. The zero-order valence-electron chi connectivity index (χ0n) is 10.7. The summed E-state index contributed by atoms with van der Waals surface area (Å²) in [6, 6.07) is 6.34. The summed E-state index contributed by atoms with van der Waals surface area (Å²) in [5.41, 5.74) is 1.72. The van der Waals surface area contributed by atoms with E-state index < -0.39 is 5.82 Å². The van der Waals surface area contributed by atoms with E-state index in [0.717, 1.165) is 5.56 Å². The number of hydrogen-bond donors (Lipinski definition) is 1. The van der Waals surface area contributed by atoms with E-state index in [4.69, 9.17) is 4.74 Å². The minimum absolute atomic E-state index is 0.250. The fraction of sp³-hybridized carbons (Fsp3) is 0.0714. The molecule has 0 aliphatic rings. The van der Waals surface area contributed by atoms with Gasteiger partial charge < -0.3 is 4.74 Å². The quantitative estimate of drug-likeness (QED) is 0.794. The van der Waals surface area contributed by atoms with Gasteiger partial charge in [0.05, 0.1) is 24.6 Å². The second-order valence-electron chi connectivity index (χ2n) is 4.07. The van der Waals surface area contributed by atoms with Gasteiger partial charge in [-0.25, -0.2) is 14.4 Å². The van der Waals surface area contributed by atoms with Crippen LogP contribution in [-0.2, 0) is 0 Å². The molecule has 0 saturated heterocycles. The van der Waals surface area contributed by atoms with Gasteiger partial charge in [-0.1, -0.05) is 6.07 Å². The fourth-order valence-electron chi connectivity index (χ4n) is 1.92. The number of ether oxygens (including phenoxy) is 1. The molecular formula is C14H11FN4O. The summed E-state index contributed by atoms with van der Waals surface area (Å²) in [5.74, 6) is 0.252. The highest BCUT2D eigenvalue weighted by atomic mass is 19.1. The molecule has 2 heterocycles. The average Bonchev–Trinajstić information content (AvgIpc) is 3.01. The normalized spacial score (nSPS) is 10.5. The Balaban J connectivity index is 2.14. The van der Waals surface area contributed by atoms with Crippen LogP contribution >= 0.6 is 0 Å². The molecule has 0 saturated carbocycles. The first-order valence-corrected chi connectivity index (χ1v) is 5.94. The Bertz CT molecular complexity index is 728. The highest BCUT2D eigenvalue weighted by Gasteiger charge is 2.15. The van der Waals surface area contributed by atoms with Crippen molar-refractivity contribution in [3.8, 4) is 28.4 Å². The molecule has 3 rings (SSSR count). The summed E-state index contributed by atoms with van der Waals surface area (Å²) in [6.45, 7) is 0. The molecule has 0 aliphatic heterocycles. The Morgan fingerprint density at radius 1 is 1.25 bits per heavy atom. The Morgan fingerprint density at radius 3 is 2.90 bits per heavy atom. The van der Waals surface area contributed by atoms with E-state index in [1.165, 1.54) is 13.2 Å². The molecule has 2 aromatic heterocycles. The Kier molecular flexibility index (Phi) is 3.12. The van der Waals surface area contributed by atoms with Crippen molar-refractivity contribution in [1.82, 2.24) is 20.2 Å². The van der Waals surface area contributed by atoms with E-state index in [1.54, 1.807) is 36.8 Å². The second-order valence-corrected chi connectivity index (χ2v) is 4.07. The maximum absolute atomic E-state index is 14.0. The van der Waals surface area contributed by atoms with Crippen molar-refractivity contribution >= 4 is 0 Å². The molecule has 0 spiro atoms. The van der Waals surface area contributed by atoms with Crippen molar-refractivity contribution in [2.24, 2.45) is 0 Å². The molecule has 0 amide bonds. The van der Waals surface area contributed by atoms with Crippen LogP contribution < -0.4 is 4.74 Å². The van der Waals surface area contributed by atoms with Crippen molar-refractivity contribution in [3.05, 3.63) is 48.7 Å². The third kappa shape index (κ3) is 2.11. The molecule has 0 atom stereocenters. The van der Waals surface area contributed by atoms with Crippen LogP contribution in [0, 0.1) is 5.82 Å². The maximum atomic E-state index is 14.0. The topological polar surface area (TPSA) is 63.7 Å². The van der Waals surface area contributed by atoms with Gasteiger partial charge in [0.2, 0.25) is 0 Å². The number of aromatic amines is 1. The van der Waals surface area contributed by atoms with Gasteiger partial charge in [0.1, 0.15) is 11.6 Å². The number of H-pyrrole nitrogens is 1. The van der Waals surface area contributed by atoms with E-state index >= 15 is 0 Å². The fourth-order valence-corrected chi connectivity index (χ4v) is 1.92. The maximum Gasteiger partial charge on any atom is 0.166 e. The highest BCUT2D eigenvalue weighted by molar-refractivity contribution is 5.67. The Labute approximate surface area is 114 Å². The number of nitrogens with one attached hydrogen (secondary N) is 1. The number of methoxy groups -OCH3 is 1. The molecule has 0 unspecified atom stereocenters. The molecule has 1 aromatic carbocycles. The van der Waals surface area contributed by atoms with Crippen molar-refractivity contribution in [2.45, 2.75) is 0 Å². The molecule has 20 heavy (non-hydrogen) atoms. The minimum atomic E-state index is -0.423. The van der Waals surface area contributed by atoms with Gasteiger partial charge >= 0.3 is 0 Å². The molecule has 0 bridgehead atoms. The number of rotatable bonds is 3. The molecule has 3 aromatic rings. The molecule has 1 N–H and O–H groups in total. The van der Waals surface area contributed by atoms with Gasteiger partial charge in [-0.15, -0.1) is 0 Å². The average molecular weight is 270 g/mol. The Morgan fingerprint density at radius 2 is 2.15 bits per heavy atom. The first-order valence-electron chi connectivity index (χ1n) is 5.94. The first kappa shape index (κ1) is 12.3. The summed E-state index contributed by atoms with van der Waals surface area (Å²) in [5, 5.41) is 6.58. The minimum Gasteiger partial charge on any atom is -0.496 e. The van der Waals surface area contributed by atoms with Gasteiger partial charge in [-0.3, -0.25) is 5.10 Å². The number of nitrogens with zero attached hydrogens (tertiary/aromatic N) is 3. The van der Waals surface area contributed by atoms with Crippen LogP contribution in [0.2, 0.25) is 0 Å². The van der Waals surface area contributed by atoms with Gasteiger partial charge in [0.15, 0.2) is 5.82 Å². The number of aromatic nitrogens is 4. The van der Waals surface area contributed by atoms with Crippen LogP contribution in [-0.4, -0.2) is 27.3 Å². The summed E-state index contributed by atoms with van der Waals surface area (Å²) >= 11 is 0. The standard InChI is InChI=1S/C14H11FN4O/c1-20-12-4-2-3-10(15)13(12)14-16-6-5-11(19-14)9-7-17-18-8-9/h2-8H,1H3,(H,17,18). The van der Waals surface area contributed by atoms with E-state index in [0.29, 0.717) is 11.4 Å². The third-order valence-corrected chi connectivity index (χ3v) is 2.87. The highest BCUT2D eigenvalue weighted by Crippen LogP contribution is 2.30. The van der Waals surface area contributed by atoms with Crippen LogP contribution in [0.5, 0.6) is 5.75 Å². The molecular weight excluding hydrogens is 259 g/mol. The van der Waals surface area contributed by atoms with Crippen LogP contribution in [0.25, 0.3) is 22.6 Å². The molecule has 0 fully saturated rings. The lowest BCUT2D eigenvalue weighted by Gasteiger charge is -2.08. The lowest BCUT2D eigenvalue weighted by atomic mass is 10.1. The largest absolute Gasteiger partial charge is 0.496 e. The SMILES string of the molecule is COc1cccc(F)c1-c1nccc(-c2cn[nH]c2)n1. The van der Waals surface area contributed by atoms with E-state index in [9.17, 15) is 4.39 Å².